The van der Waals surface area contributed by atoms with Crippen LogP contribution in [-0.2, 0) is 19.1 Å². The van der Waals surface area contributed by atoms with Gasteiger partial charge in [0.05, 0.1) is 12.7 Å². The van der Waals surface area contributed by atoms with Crippen molar-refractivity contribution in [2.45, 2.75) is 19.4 Å². The van der Waals surface area contributed by atoms with E-state index in [1.807, 2.05) is 30.3 Å². The third kappa shape index (κ3) is 4.00. The lowest BCUT2D eigenvalue weighted by atomic mass is 10.0. The molecule has 17 heavy (non-hydrogen) atoms. The first-order valence-corrected chi connectivity index (χ1v) is 5.46. The second-order valence-electron chi connectivity index (χ2n) is 3.48. The maximum absolute atomic E-state index is 11.5. The zero-order valence-electron chi connectivity index (χ0n) is 10.0. The van der Waals surface area contributed by atoms with E-state index in [1.165, 1.54) is 7.11 Å². The zero-order chi connectivity index (χ0) is 12.7. The van der Waals surface area contributed by atoms with E-state index in [0.717, 1.165) is 5.56 Å². The molecule has 0 bridgehead atoms. The van der Waals surface area contributed by atoms with Gasteiger partial charge in [-0.2, -0.15) is 0 Å². The Balaban J connectivity index is 2.65. The Morgan fingerprint density at radius 2 is 1.88 bits per heavy atom. The van der Waals surface area contributed by atoms with E-state index in [4.69, 9.17) is 4.74 Å². The van der Waals surface area contributed by atoms with Crippen LogP contribution in [-0.4, -0.2) is 25.5 Å². The summed E-state index contributed by atoms with van der Waals surface area (Å²) >= 11 is 0. The molecule has 0 saturated heterocycles. The highest BCUT2D eigenvalue weighted by Gasteiger charge is 2.21. The summed E-state index contributed by atoms with van der Waals surface area (Å²) in [6, 6.07) is 9.30. The Morgan fingerprint density at radius 1 is 1.24 bits per heavy atom. The number of benzene rings is 1. The number of carbonyl (C=O) groups is 2. The standard InChI is InChI=1S/C13H16O4/c1-3-17-13(15)11(14)9-12(16-2)10-7-5-4-6-8-10/h4-8,12H,3,9H2,1-2H3. The van der Waals surface area contributed by atoms with Crippen LogP contribution in [0.4, 0.5) is 0 Å². The predicted molar refractivity (Wildman–Crippen MR) is 62.4 cm³/mol. The maximum Gasteiger partial charge on any atom is 0.374 e. The summed E-state index contributed by atoms with van der Waals surface area (Å²) in [5.74, 6) is -1.37. The molecule has 0 aromatic heterocycles. The van der Waals surface area contributed by atoms with E-state index in [1.54, 1.807) is 6.92 Å². The minimum atomic E-state index is -0.800. The highest BCUT2D eigenvalue weighted by molar-refractivity contribution is 6.33. The van der Waals surface area contributed by atoms with Crippen molar-refractivity contribution in [2.24, 2.45) is 0 Å². The molecule has 0 N–H and O–H groups in total. The fourth-order valence-electron chi connectivity index (χ4n) is 1.47. The number of hydrogen-bond donors (Lipinski definition) is 0. The summed E-state index contributed by atoms with van der Waals surface area (Å²) in [5, 5.41) is 0. The van der Waals surface area contributed by atoms with E-state index in [0.29, 0.717) is 0 Å². The number of hydrogen-bond acceptors (Lipinski definition) is 4. The van der Waals surface area contributed by atoms with Gasteiger partial charge in [-0.1, -0.05) is 30.3 Å². The van der Waals surface area contributed by atoms with Crippen molar-refractivity contribution >= 4 is 11.8 Å². The largest absolute Gasteiger partial charge is 0.460 e. The third-order valence-corrected chi connectivity index (χ3v) is 2.33. The third-order valence-electron chi connectivity index (χ3n) is 2.33. The smallest absolute Gasteiger partial charge is 0.374 e. The molecular weight excluding hydrogens is 220 g/mol. The zero-order valence-corrected chi connectivity index (χ0v) is 10.0. The van der Waals surface area contributed by atoms with Crippen LogP contribution < -0.4 is 0 Å². The Hall–Kier alpha value is -1.68. The lowest BCUT2D eigenvalue weighted by Gasteiger charge is -2.14. The van der Waals surface area contributed by atoms with Gasteiger partial charge in [0.25, 0.3) is 0 Å². The van der Waals surface area contributed by atoms with Crippen molar-refractivity contribution in [1.29, 1.82) is 0 Å². The number of rotatable bonds is 6. The second kappa shape index (κ2) is 6.81. The number of esters is 1. The second-order valence-corrected chi connectivity index (χ2v) is 3.48. The summed E-state index contributed by atoms with van der Waals surface area (Å²) in [7, 11) is 1.51. The summed E-state index contributed by atoms with van der Waals surface area (Å²) in [4.78, 5) is 22.7. The molecule has 1 atom stereocenters. The first kappa shape index (κ1) is 13.4. The van der Waals surface area contributed by atoms with Gasteiger partial charge in [-0.15, -0.1) is 0 Å². The van der Waals surface area contributed by atoms with Crippen LogP contribution in [0.3, 0.4) is 0 Å². The highest BCUT2D eigenvalue weighted by Crippen LogP contribution is 2.20. The molecule has 0 fully saturated rings. The van der Waals surface area contributed by atoms with Gasteiger partial charge in [0.1, 0.15) is 0 Å². The van der Waals surface area contributed by atoms with Crippen molar-refractivity contribution in [3.63, 3.8) is 0 Å². The number of methoxy groups -OCH3 is 1. The molecular formula is C13H16O4. The van der Waals surface area contributed by atoms with Gasteiger partial charge in [-0.25, -0.2) is 4.79 Å². The number of carbonyl (C=O) groups excluding carboxylic acids is 2. The molecule has 1 rings (SSSR count). The van der Waals surface area contributed by atoms with Crippen LogP contribution in [0.25, 0.3) is 0 Å². The molecule has 0 aliphatic heterocycles. The topological polar surface area (TPSA) is 52.6 Å². The molecule has 1 aromatic carbocycles. The first-order valence-electron chi connectivity index (χ1n) is 5.46. The average Bonchev–Trinajstić information content (AvgIpc) is 2.37. The minimum Gasteiger partial charge on any atom is -0.460 e. The molecule has 0 radical (unpaired) electrons. The number of ketones is 1. The maximum atomic E-state index is 11.5. The van der Waals surface area contributed by atoms with Crippen LogP contribution in [0.5, 0.6) is 0 Å². The van der Waals surface area contributed by atoms with Crippen molar-refractivity contribution in [2.75, 3.05) is 13.7 Å². The SMILES string of the molecule is CCOC(=O)C(=O)CC(OC)c1ccccc1. The van der Waals surface area contributed by atoms with Crippen LogP contribution >= 0.6 is 0 Å². The quantitative estimate of drug-likeness (QED) is 0.559. The van der Waals surface area contributed by atoms with Gasteiger partial charge < -0.3 is 9.47 Å². The van der Waals surface area contributed by atoms with Crippen molar-refractivity contribution in [3.8, 4) is 0 Å². The molecule has 0 aliphatic carbocycles. The van der Waals surface area contributed by atoms with Gasteiger partial charge in [0.2, 0.25) is 5.78 Å². The van der Waals surface area contributed by atoms with Crippen molar-refractivity contribution in [3.05, 3.63) is 35.9 Å². The minimum absolute atomic E-state index is 0.000648. The van der Waals surface area contributed by atoms with Gasteiger partial charge in [-0.3, -0.25) is 4.79 Å². The van der Waals surface area contributed by atoms with Gasteiger partial charge in [0, 0.05) is 13.5 Å². The molecule has 0 amide bonds. The molecule has 0 saturated carbocycles. The number of Topliss-reactive ketones (excluding diaryl/α,β-unsaturated/α-hetero) is 1. The Labute approximate surface area is 101 Å². The molecule has 1 aromatic rings. The predicted octanol–water partition coefficient (Wildman–Crippen LogP) is 1.90. The molecule has 1 unspecified atom stereocenters. The van der Waals surface area contributed by atoms with Crippen LogP contribution in [0, 0.1) is 0 Å². The van der Waals surface area contributed by atoms with Crippen LogP contribution in [0.2, 0.25) is 0 Å². The van der Waals surface area contributed by atoms with Crippen LogP contribution in [0.15, 0.2) is 30.3 Å². The molecule has 4 heteroatoms. The summed E-state index contributed by atoms with van der Waals surface area (Å²) in [5.41, 5.74) is 0.868. The lowest BCUT2D eigenvalue weighted by molar-refractivity contribution is -0.154. The lowest BCUT2D eigenvalue weighted by Crippen LogP contribution is -2.20. The summed E-state index contributed by atoms with van der Waals surface area (Å²) in [6.07, 6.45) is -0.410. The first-order chi connectivity index (χ1) is 8.19. The van der Waals surface area contributed by atoms with Crippen LogP contribution in [0.1, 0.15) is 25.0 Å². The van der Waals surface area contributed by atoms with Gasteiger partial charge >= 0.3 is 5.97 Å². The number of ether oxygens (including phenoxy) is 2. The Morgan fingerprint density at radius 3 is 2.41 bits per heavy atom. The highest BCUT2D eigenvalue weighted by atomic mass is 16.5. The van der Waals surface area contributed by atoms with E-state index >= 15 is 0 Å². The Bertz CT molecular complexity index is 372. The molecule has 4 nitrogen and oxygen atoms in total. The van der Waals surface area contributed by atoms with E-state index < -0.39 is 17.9 Å². The van der Waals surface area contributed by atoms with E-state index in [-0.39, 0.29) is 13.0 Å². The normalized spacial score (nSPS) is 11.9. The molecule has 0 spiro atoms. The van der Waals surface area contributed by atoms with E-state index in [9.17, 15) is 9.59 Å². The molecule has 92 valence electrons. The van der Waals surface area contributed by atoms with E-state index in [2.05, 4.69) is 4.74 Å². The molecule has 0 heterocycles. The summed E-state index contributed by atoms with van der Waals surface area (Å²) < 4.78 is 9.85. The van der Waals surface area contributed by atoms with Gasteiger partial charge in [-0.05, 0) is 12.5 Å². The van der Waals surface area contributed by atoms with Gasteiger partial charge in [0.15, 0.2) is 0 Å². The van der Waals surface area contributed by atoms with Crippen molar-refractivity contribution in [1.82, 2.24) is 0 Å². The van der Waals surface area contributed by atoms with Crippen molar-refractivity contribution < 1.29 is 19.1 Å². The molecule has 0 aliphatic rings. The fraction of sp³-hybridized carbons (Fsp3) is 0.385. The average molecular weight is 236 g/mol. The summed E-state index contributed by atoms with van der Waals surface area (Å²) in [6.45, 7) is 1.86. The monoisotopic (exact) mass is 236 g/mol. The Kier molecular flexibility index (Phi) is 5.36. The fourth-order valence-corrected chi connectivity index (χ4v) is 1.47.